The highest BCUT2D eigenvalue weighted by Gasteiger charge is 2.05. The zero-order chi connectivity index (χ0) is 17.0. The van der Waals surface area contributed by atoms with Gasteiger partial charge in [-0.1, -0.05) is 23.7 Å². The molecule has 0 spiro atoms. The van der Waals surface area contributed by atoms with Gasteiger partial charge in [-0.25, -0.2) is 4.79 Å². The molecule has 2 aromatic rings. The van der Waals surface area contributed by atoms with Crippen LogP contribution in [0.1, 0.15) is 19.4 Å². The maximum Gasteiger partial charge on any atom is 0.332 e. The summed E-state index contributed by atoms with van der Waals surface area (Å²) in [6.45, 7) is 4.17. The summed E-state index contributed by atoms with van der Waals surface area (Å²) in [6.07, 6.45) is 0. The number of hydrogen-bond donors (Lipinski definition) is 0. The number of hydrogen-bond acceptors (Lipinski definition) is 4. The van der Waals surface area contributed by atoms with Crippen LogP contribution in [0.2, 0.25) is 5.02 Å². The Morgan fingerprint density at radius 1 is 1.22 bits per heavy atom. The van der Waals surface area contributed by atoms with E-state index < -0.39 is 0 Å². The SMILES string of the molecule is CCOc1c/c(=N/N=C(/C)c2ccc(Cl)cc2)n(C)c(=O)n1C. The third kappa shape index (κ3) is 3.90. The average Bonchev–Trinajstić information content (AvgIpc) is 2.54. The Bertz CT molecular complexity index is 848. The molecule has 0 aliphatic heterocycles. The average molecular weight is 335 g/mol. The number of aromatic nitrogens is 2. The van der Waals surface area contributed by atoms with Crippen LogP contribution in [0, 0.1) is 0 Å². The van der Waals surface area contributed by atoms with E-state index in [0.29, 0.717) is 23.0 Å². The van der Waals surface area contributed by atoms with Crippen molar-refractivity contribution in [3.63, 3.8) is 0 Å². The van der Waals surface area contributed by atoms with Crippen LogP contribution >= 0.6 is 11.6 Å². The van der Waals surface area contributed by atoms with Crippen molar-refractivity contribution in [3.8, 4) is 5.88 Å². The van der Waals surface area contributed by atoms with Crippen LogP contribution in [-0.4, -0.2) is 21.5 Å². The lowest BCUT2D eigenvalue weighted by molar-refractivity contribution is 0.305. The van der Waals surface area contributed by atoms with Gasteiger partial charge in [-0.05, 0) is 31.5 Å². The van der Waals surface area contributed by atoms with E-state index in [-0.39, 0.29) is 5.69 Å². The molecule has 0 unspecified atom stereocenters. The molecule has 0 aliphatic rings. The summed E-state index contributed by atoms with van der Waals surface area (Å²) < 4.78 is 8.29. The lowest BCUT2D eigenvalue weighted by atomic mass is 10.1. The molecule has 0 fully saturated rings. The molecule has 7 heteroatoms. The summed E-state index contributed by atoms with van der Waals surface area (Å²) in [5, 5.41) is 9.04. The molecule has 0 bridgehead atoms. The molecule has 2 rings (SSSR count). The lowest BCUT2D eigenvalue weighted by Gasteiger charge is -2.10. The Morgan fingerprint density at radius 3 is 2.48 bits per heavy atom. The number of benzene rings is 1. The Morgan fingerprint density at radius 2 is 1.87 bits per heavy atom. The number of halogens is 1. The van der Waals surface area contributed by atoms with Crippen LogP contribution in [0.3, 0.4) is 0 Å². The molecular formula is C16H19ClN4O2. The van der Waals surface area contributed by atoms with E-state index >= 15 is 0 Å². The molecule has 6 nitrogen and oxygen atoms in total. The van der Waals surface area contributed by atoms with Gasteiger partial charge in [0.25, 0.3) is 0 Å². The first-order valence-electron chi connectivity index (χ1n) is 7.18. The van der Waals surface area contributed by atoms with Crippen molar-refractivity contribution < 1.29 is 4.74 Å². The molecule has 1 heterocycles. The van der Waals surface area contributed by atoms with Crippen LogP contribution < -0.4 is 15.9 Å². The molecule has 1 aromatic heterocycles. The smallest absolute Gasteiger partial charge is 0.332 e. The predicted octanol–water partition coefficient (Wildman–Crippen LogP) is 2.10. The van der Waals surface area contributed by atoms with E-state index in [4.69, 9.17) is 16.3 Å². The highest BCUT2D eigenvalue weighted by molar-refractivity contribution is 6.30. The van der Waals surface area contributed by atoms with Crippen molar-refractivity contribution in [2.24, 2.45) is 24.3 Å². The molecule has 0 atom stereocenters. The summed E-state index contributed by atoms with van der Waals surface area (Å²) in [6, 6.07) is 9.00. The van der Waals surface area contributed by atoms with Crippen LogP contribution in [-0.2, 0) is 14.1 Å². The van der Waals surface area contributed by atoms with E-state index in [1.54, 1.807) is 32.3 Å². The van der Waals surface area contributed by atoms with Gasteiger partial charge >= 0.3 is 5.69 Å². The van der Waals surface area contributed by atoms with Crippen LogP contribution in [0.4, 0.5) is 0 Å². The minimum absolute atomic E-state index is 0.228. The number of rotatable bonds is 4. The number of ether oxygens (including phenoxy) is 1. The van der Waals surface area contributed by atoms with Gasteiger partial charge in [-0.15, -0.1) is 5.10 Å². The third-order valence-electron chi connectivity index (χ3n) is 3.36. The van der Waals surface area contributed by atoms with Crippen LogP contribution in [0.25, 0.3) is 0 Å². The zero-order valence-electron chi connectivity index (χ0n) is 13.6. The van der Waals surface area contributed by atoms with Gasteiger partial charge < -0.3 is 4.74 Å². The molecule has 0 aliphatic carbocycles. The van der Waals surface area contributed by atoms with Gasteiger partial charge in [0.15, 0.2) is 5.49 Å². The van der Waals surface area contributed by atoms with Gasteiger partial charge in [0.05, 0.1) is 12.3 Å². The summed E-state index contributed by atoms with van der Waals surface area (Å²) in [5.74, 6) is 0.452. The van der Waals surface area contributed by atoms with Crippen molar-refractivity contribution in [2.75, 3.05) is 6.61 Å². The minimum Gasteiger partial charge on any atom is -0.479 e. The van der Waals surface area contributed by atoms with Gasteiger partial charge in [-0.2, -0.15) is 5.10 Å². The highest BCUT2D eigenvalue weighted by Crippen LogP contribution is 2.10. The van der Waals surface area contributed by atoms with Gasteiger partial charge in [0, 0.05) is 25.2 Å². The quantitative estimate of drug-likeness (QED) is 0.635. The third-order valence-corrected chi connectivity index (χ3v) is 3.61. The molecule has 0 saturated heterocycles. The summed E-state index contributed by atoms with van der Waals surface area (Å²) in [7, 11) is 3.30. The Kier molecular flexibility index (Phi) is 5.39. The van der Waals surface area contributed by atoms with Crippen LogP contribution in [0.5, 0.6) is 5.88 Å². The maximum atomic E-state index is 12.2. The second-order valence-electron chi connectivity index (χ2n) is 4.97. The van der Waals surface area contributed by atoms with Gasteiger partial charge in [0.1, 0.15) is 0 Å². The second-order valence-corrected chi connectivity index (χ2v) is 5.40. The Labute approximate surface area is 139 Å². The molecule has 0 radical (unpaired) electrons. The standard InChI is InChI=1S/C16H19ClN4O2/c1-5-23-15-10-14(20(3)16(22)21(15)4)19-18-11(2)12-6-8-13(17)9-7-12/h6-10H,5H2,1-4H3/b18-11-,19-14-. The molecular weight excluding hydrogens is 316 g/mol. The van der Waals surface area contributed by atoms with E-state index in [9.17, 15) is 4.79 Å². The van der Waals surface area contributed by atoms with Crippen molar-refractivity contribution >= 4 is 17.3 Å². The summed E-state index contributed by atoms with van der Waals surface area (Å²) >= 11 is 5.87. The van der Waals surface area contributed by atoms with E-state index in [0.717, 1.165) is 11.3 Å². The van der Waals surface area contributed by atoms with Gasteiger partial charge in [-0.3, -0.25) is 9.13 Å². The monoisotopic (exact) mass is 334 g/mol. The fraction of sp³-hybridized carbons (Fsp3) is 0.312. The summed E-state index contributed by atoms with van der Waals surface area (Å²) in [5.41, 5.74) is 1.83. The molecule has 0 N–H and O–H groups in total. The first-order valence-corrected chi connectivity index (χ1v) is 7.56. The molecule has 122 valence electrons. The van der Waals surface area contributed by atoms with E-state index in [1.165, 1.54) is 9.13 Å². The summed E-state index contributed by atoms with van der Waals surface area (Å²) in [4.78, 5) is 12.2. The Balaban J connectivity index is 2.48. The molecule has 0 saturated carbocycles. The van der Waals surface area contributed by atoms with E-state index in [1.807, 2.05) is 26.0 Å². The van der Waals surface area contributed by atoms with Crippen molar-refractivity contribution in [2.45, 2.75) is 13.8 Å². The molecule has 1 aromatic carbocycles. The first-order chi connectivity index (χ1) is 10.9. The Hall–Kier alpha value is -2.34. The first kappa shape index (κ1) is 17.0. The van der Waals surface area contributed by atoms with E-state index in [2.05, 4.69) is 10.2 Å². The normalized spacial score (nSPS) is 12.6. The van der Waals surface area contributed by atoms with Crippen LogP contribution in [0.15, 0.2) is 45.3 Å². The molecule has 0 amide bonds. The zero-order valence-corrected chi connectivity index (χ0v) is 14.3. The highest BCUT2D eigenvalue weighted by atomic mass is 35.5. The molecule has 23 heavy (non-hydrogen) atoms. The second kappa shape index (κ2) is 7.28. The number of nitrogens with zero attached hydrogens (tertiary/aromatic N) is 4. The fourth-order valence-electron chi connectivity index (χ4n) is 1.98. The minimum atomic E-state index is -0.228. The van der Waals surface area contributed by atoms with Crippen molar-refractivity contribution in [3.05, 3.63) is 56.9 Å². The largest absolute Gasteiger partial charge is 0.479 e. The predicted molar refractivity (Wildman–Crippen MR) is 91.0 cm³/mol. The van der Waals surface area contributed by atoms with Crippen molar-refractivity contribution in [1.82, 2.24) is 9.13 Å². The lowest BCUT2D eigenvalue weighted by Crippen LogP contribution is -2.37. The maximum absolute atomic E-state index is 12.2. The topological polar surface area (TPSA) is 60.9 Å². The van der Waals surface area contributed by atoms with Crippen molar-refractivity contribution in [1.29, 1.82) is 0 Å². The van der Waals surface area contributed by atoms with Gasteiger partial charge in [0.2, 0.25) is 5.88 Å². The fourth-order valence-corrected chi connectivity index (χ4v) is 2.10.